The second-order valence-electron chi connectivity index (χ2n) is 6.30. The number of nitrogens with one attached hydrogen (secondary N) is 1. The summed E-state index contributed by atoms with van der Waals surface area (Å²) in [5.41, 5.74) is 6.06. The quantitative estimate of drug-likeness (QED) is 0.665. The minimum atomic E-state index is -0.549. The Labute approximate surface area is 149 Å². The van der Waals surface area contributed by atoms with Crippen LogP contribution in [0.15, 0.2) is 0 Å². The molecule has 3 N–H and O–H groups in total. The molecule has 1 amide bonds. The van der Waals surface area contributed by atoms with E-state index in [0.29, 0.717) is 26.4 Å². The Morgan fingerprint density at radius 3 is 2.08 bits per heavy atom. The second kappa shape index (κ2) is 10.9. The van der Waals surface area contributed by atoms with E-state index in [0.717, 1.165) is 25.7 Å². The largest absolute Gasteiger partial charge is 0.469 e. The molecule has 2 rings (SSSR count). The van der Waals surface area contributed by atoms with Gasteiger partial charge in [0.15, 0.2) is 0 Å². The van der Waals surface area contributed by atoms with E-state index in [1.807, 2.05) is 0 Å². The average molecular weight is 365 g/mol. The van der Waals surface area contributed by atoms with Gasteiger partial charge in [-0.05, 0) is 37.5 Å². The van der Waals surface area contributed by atoms with Gasteiger partial charge in [0.25, 0.3) is 0 Å². The first-order chi connectivity index (χ1) is 11.1. The highest BCUT2D eigenvalue weighted by Gasteiger charge is 2.32. The molecule has 2 atom stereocenters. The number of halogens is 1. The molecular weight excluding hydrogens is 336 g/mol. The number of nitrogens with two attached hydrogens (primary N) is 1. The molecule has 0 aliphatic carbocycles. The van der Waals surface area contributed by atoms with E-state index in [2.05, 4.69) is 5.32 Å². The number of carbonyl (C=O) groups excluding carboxylic acids is 2. The Morgan fingerprint density at radius 2 is 1.58 bits per heavy atom. The number of ether oxygens (including phenoxy) is 3. The fraction of sp³-hybridized carbons (Fsp3) is 0.875. The topological polar surface area (TPSA) is 99.9 Å². The van der Waals surface area contributed by atoms with Crippen LogP contribution in [0.1, 0.15) is 25.7 Å². The van der Waals surface area contributed by atoms with Gasteiger partial charge in [-0.1, -0.05) is 0 Å². The van der Waals surface area contributed by atoms with E-state index >= 15 is 0 Å². The van der Waals surface area contributed by atoms with E-state index in [1.54, 1.807) is 0 Å². The van der Waals surface area contributed by atoms with Crippen LogP contribution in [0.5, 0.6) is 0 Å². The molecule has 0 radical (unpaired) electrons. The highest BCUT2D eigenvalue weighted by molar-refractivity contribution is 5.85. The van der Waals surface area contributed by atoms with Gasteiger partial charge in [0, 0.05) is 33.0 Å². The lowest BCUT2D eigenvalue weighted by Crippen LogP contribution is -2.49. The molecule has 2 fully saturated rings. The maximum Gasteiger partial charge on any atom is 0.310 e. The van der Waals surface area contributed by atoms with Crippen LogP contribution in [0.2, 0.25) is 0 Å². The first-order valence-electron chi connectivity index (χ1n) is 8.40. The lowest BCUT2D eigenvalue weighted by atomic mass is 9.85. The van der Waals surface area contributed by atoms with Crippen LogP contribution >= 0.6 is 12.4 Å². The molecule has 0 aromatic heterocycles. The first kappa shape index (κ1) is 21.2. The number of rotatable bonds is 6. The van der Waals surface area contributed by atoms with Gasteiger partial charge in [0.1, 0.15) is 0 Å². The normalized spacial score (nSPS) is 22.1. The van der Waals surface area contributed by atoms with Crippen LogP contribution in [-0.4, -0.2) is 58.0 Å². The fourth-order valence-electron chi connectivity index (χ4n) is 3.33. The summed E-state index contributed by atoms with van der Waals surface area (Å²) in [6, 6.07) is -0.549. The summed E-state index contributed by atoms with van der Waals surface area (Å²) < 4.78 is 15.5. The van der Waals surface area contributed by atoms with E-state index in [4.69, 9.17) is 19.9 Å². The van der Waals surface area contributed by atoms with Gasteiger partial charge in [-0.2, -0.15) is 0 Å². The molecular formula is C16H29ClN2O5. The Morgan fingerprint density at radius 1 is 1.08 bits per heavy atom. The van der Waals surface area contributed by atoms with Crippen molar-refractivity contribution in [3.63, 3.8) is 0 Å². The van der Waals surface area contributed by atoms with Crippen molar-refractivity contribution in [1.82, 2.24) is 5.32 Å². The van der Waals surface area contributed by atoms with Crippen LogP contribution in [0.3, 0.4) is 0 Å². The van der Waals surface area contributed by atoms with Gasteiger partial charge in [0.2, 0.25) is 5.91 Å². The summed E-state index contributed by atoms with van der Waals surface area (Å²) in [5, 5.41) is 2.85. The average Bonchev–Trinajstić information content (AvgIpc) is 2.62. The van der Waals surface area contributed by atoms with E-state index in [1.165, 1.54) is 7.11 Å². The molecule has 2 saturated heterocycles. The first-order valence-corrected chi connectivity index (χ1v) is 8.40. The maximum atomic E-state index is 12.3. The Kier molecular flexibility index (Phi) is 9.58. The van der Waals surface area contributed by atoms with Crippen molar-refractivity contribution in [2.45, 2.75) is 31.7 Å². The molecule has 0 saturated carbocycles. The van der Waals surface area contributed by atoms with Crippen molar-refractivity contribution < 1.29 is 23.8 Å². The van der Waals surface area contributed by atoms with Crippen molar-refractivity contribution in [2.24, 2.45) is 23.5 Å². The standard InChI is InChI=1S/C16H28N2O5.ClH/c1-21-16(20)13(11-2-6-22-7-3-11)10-18-15(19)14(17)12-4-8-23-9-5-12;/h11-14H,2-10,17H2,1H3,(H,18,19);1H. The van der Waals surface area contributed by atoms with E-state index in [-0.39, 0.29) is 48.6 Å². The van der Waals surface area contributed by atoms with Gasteiger partial charge in [-0.25, -0.2) is 0 Å². The molecule has 0 bridgehead atoms. The molecule has 0 aromatic rings. The predicted octanol–water partition coefficient (Wildman–Crippen LogP) is 0.494. The minimum absolute atomic E-state index is 0. The zero-order valence-corrected chi connectivity index (χ0v) is 15.0. The summed E-state index contributed by atoms with van der Waals surface area (Å²) in [6.07, 6.45) is 3.22. The van der Waals surface area contributed by atoms with Crippen LogP contribution in [0.25, 0.3) is 0 Å². The minimum Gasteiger partial charge on any atom is -0.469 e. The third kappa shape index (κ3) is 5.88. The molecule has 24 heavy (non-hydrogen) atoms. The van der Waals surface area contributed by atoms with Crippen molar-refractivity contribution in [1.29, 1.82) is 0 Å². The number of hydrogen-bond acceptors (Lipinski definition) is 6. The van der Waals surface area contributed by atoms with Gasteiger partial charge in [-0.15, -0.1) is 12.4 Å². The third-order valence-corrected chi connectivity index (χ3v) is 4.91. The number of methoxy groups -OCH3 is 1. The second-order valence-corrected chi connectivity index (χ2v) is 6.30. The Bertz CT molecular complexity index is 398. The van der Waals surface area contributed by atoms with Crippen LogP contribution in [-0.2, 0) is 23.8 Å². The molecule has 2 aliphatic rings. The van der Waals surface area contributed by atoms with Gasteiger partial charge >= 0.3 is 5.97 Å². The lowest BCUT2D eigenvalue weighted by molar-refractivity contribution is -0.148. The van der Waals surface area contributed by atoms with Crippen molar-refractivity contribution in [2.75, 3.05) is 40.1 Å². The van der Waals surface area contributed by atoms with Crippen molar-refractivity contribution >= 4 is 24.3 Å². The van der Waals surface area contributed by atoms with Crippen LogP contribution < -0.4 is 11.1 Å². The lowest BCUT2D eigenvalue weighted by Gasteiger charge is -2.30. The summed E-state index contributed by atoms with van der Waals surface area (Å²) in [6.45, 7) is 2.87. The van der Waals surface area contributed by atoms with Crippen LogP contribution in [0, 0.1) is 17.8 Å². The highest BCUT2D eigenvalue weighted by atomic mass is 35.5. The fourth-order valence-corrected chi connectivity index (χ4v) is 3.33. The van der Waals surface area contributed by atoms with Gasteiger partial charge in [0.05, 0.1) is 19.1 Å². The molecule has 0 aromatic carbocycles. The predicted molar refractivity (Wildman–Crippen MR) is 90.8 cm³/mol. The monoisotopic (exact) mass is 364 g/mol. The maximum absolute atomic E-state index is 12.3. The summed E-state index contributed by atoms with van der Waals surface area (Å²) in [4.78, 5) is 24.3. The SMILES string of the molecule is COC(=O)C(CNC(=O)C(N)C1CCOCC1)C1CCOCC1.Cl. The van der Waals surface area contributed by atoms with Crippen molar-refractivity contribution in [3.8, 4) is 0 Å². The molecule has 140 valence electrons. The Hall–Kier alpha value is -0.890. The molecule has 8 heteroatoms. The molecule has 2 unspecified atom stereocenters. The van der Waals surface area contributed by atoms with Gasteiger partial charge in [-0.3, -0.25) is 9.59 Å². The zero-order chi connectivity index (χ0) is 16.7. The van der Waals surface area contributed by atoms with Crippen LogP contribution in [0.4, 0.5) is 0 Å². The van der Waals surface area contributed by atoms with Gasteiger partial charge < -0.3 is 25.3 Å². The molecule has 7 nitrogen and oxygen atoms in total. The number of amides is 1. The summed E-state index contributed by atoms with van der Waals surface area (Å²) in [5.74, 6) is -0.497. The summed E-state index contributed by atoms with van der Waals surface area (Å²) >= 11 is 0. The number of carbonyl (C=O) groups is 2. The number of esters is 1. The third-order valence-electron chi connectivity index (χ3n) is 4.91. The van der Waals surface area contributed by atoms with E-state index in [9.17, 15) is 9.59 Å². The highest BCUT2D eigenvalue weighted by Crippen LogP contribution is 2.25. The zero-order valence-electron chi connectivity index (χ0n) is 14.2. The summed E-state index contributed by atoms with van der Waals surface area (Å²) in [7, 11) is 1.38. The number of hydrogen-bond donors (Lipinski definition) is 2. The molecule has 0 spiro atoms. The Balaban J connectivity index is 0.00000288. The molecule has 2 heterocycles. The molecule has 2 aliphatic heterocycles. The van der Waals surface area contributed by atoms with E-state index < -0.39 is 6.04 Å². The smallest absolute Gasteiger partial charge is 0.310 e. The van der Waals surface area contributed by atoms with Crippen molar-refractivity contribution in [3.05, 3.63) is 0 Å².